The van der Waals surface area contributed by atoms with Crippen LogP contribution in [0.25, 0.3) is 0 Å². The number of carbonyl (C=O) groups is 1. The molecule has 0 amide bonds. The van der Waals surface area contributed by atoms with Gasteiger partial charge >= 0.3 is 12.1 Å². The van der Waals surface area contributed by atoms with Gasteiger partial charge in [0.15, 0.2) is 17.4 Å². The van der Waals surface area contributed by atoms with E-state index in [1.807, 2.05) is 0 Å². The SMILES string of the molecule is Cc1nc(/C(N)=N/OC(=O)c2ccccc2Cl)c(C(F)(F)F)o1. The number of amidine groups is 1. The summed E-state index contributed by atoms with van der Waals surface area (Å²) in [7, 11) is 0. The molecular formula is C13H9ClF3N3O3. The number of aryl methyl sites for hydroxylation is 1. The van der Waals surface area contributed by atoms with Crippen molar-refractivity contribution in [1.82, 2.24) is 4.98 Å². The molecule has 0 aliphatic heterocycles. The Balaban J connectivity index is 2.25. The van der Waals surface area contributed by atoms with Crippen LogP contribution >= 0.6 is 11.6 Å². The van der Waals surface area contributed by atoms with E-state index in [0.29, 0.717) is 0 Å². The third-order valence-corrected chi connectivity index (χ3v) is 2.88. The lowest BCUT2D eigenvalue weighted by Gasteiger charge is -2.04. The summed E-state index contributed by atoms with van der Waals surface area (Å²) in [6.45, 7) is 1.21. The molecule has 0 atom stereocenters. The van der Waals surface area contributed by atoms with Gasteiger partial charge in [0.25, 0.3) is 0 Å². The first kappa shape index (κ1) is 16.8. The van der Waals surface area contributed by atoms with E-state index in [-0.39, 0.29) is 16.5 Å². The highest BCUT2D eigenvalue weighted by atomic mass is 35.5. The molecule has 10 heteroatoms. The first-order valence-corrected chi connectivity index (χ1v) is 6.42. The van der Waals surface area contributed by atoms with Crippen LogP contribution in [-0.2, 0) is 11.0 Å². The minimum Gasteiger partial charge on any atom is -0.436 e. The second-order valence-corrected chi connectivity index (χ2v) is 4.65. The van der Waals surface area contributed by atoms with E-state index in [1.54, 1.807) is 6.07 Å². The lowest BCUT2D eigenvalue weighted by Crippen LogP contribution is -2.20. The maximum Gasteiger partial charge on any atom is 0.452 e. The van der Waals surface area contributed by atoms with Crippen LogP contribution in [0, 0.1) is 6.92 Å². The second-order valence-electron chi connectivity index (χ2n) is 4.24. The van der Waals surface area contributed by atoms with Crippen LogP contribution in [-0.4, -0.2) is 16.8 Å². The Kier molecular flexibility index (Phi) is 4.60. The van der Waals surface area contributed by atoms with Crippen LogP contribution in [0.15, 0.2) is 33.8 Å². The zero-order chi connectivity index (χ0) is 17.2. The molecule has 0 fully saturated rings. The number of oxime groups is 1. The van der Waals surface area contributed by atoms with Gasteiger partial charge in [-0.15, -0.1) is 0 Å². The highest BCUT2D eigenvalue weighted by Crippen LogP contribution is 2.32. The Morgan fingerprint density at radius 1 is 1.39 bits per heavy atom. The number of nitrogens with zero attached hydrogens (tertiary/aromatic N) is 2. The van der Waals surface area contributed by atoms with E-state index in [2.05, 4.69) is 19.4 Å². The minimum absolute atomic E-state index is 0.0157. The van der Waals surface area contributed by atoms with Gasteiger partial charge in [-0.3, -0.25) is 0 Å². The molecule has 0 radical (unpaired) electrons. The summed E-state index contributed by atoms with van der Waals surface area (Å²) in [6.07, 6.45) is -4.82. The maximum atomic E-state index is 12.8. The van der Waals surface area contributed by atoms with Crippen molar-refractivity contribution in [2.45, 2.75) is 13.1 Å². The van der Waals surface area contributed by atoms with Crippen molar-refractivity contribution in [2.24, 2.45) is 10.9 Å². The number of rotatable bonds is 3. The van der Waals surface area contributed by atoms with E-state index in [4.69, 9.17) is 17.3 Å². The molecule has 2 aromatic rings. The smallest absolute Gasteiger partial charge is 0.436 e. The van der Waals surface area contributed by atoms with Gasteiger partial charge in [-0.2, -0.15) is 13.2 Å². The number of hydrogen-bond acceptors (Lipinski definition) is 5. The van der Waals surface area contributed by atoms with Gasteiger partial charge in [0, 0.05) is 6.92 Å². The zero-order valence-electron chi connectivity index (χ0n) is 11.5. The molecule has 1 aromatic carbocycles. The molecule has 0 saturated heterocycles. The molecule has 2 N–H and O–H groups in total. The number of benzene rings is 1. The van der Waals surface area contributed by atoms with Gasteiger partial charge in [0.1, 0.15) is 0 Å². The Bertz CT molecular complexity index is 771. The monoisotopic (exact) mass is 347 g/mol. The Morgan fingerprint density at radius 3 is 2.65 bits per heavy atom. The van der Waals surface area contributed by atoms with Crippen LogP contribution < -0.4 is 5.73 Å². The Hall–Kier alpha value is -2.55. The van der Waals surface area contributed by atoms with Crippen LogP contribution in [0.4, 0.5) is 13.2 Å². The summed E-state index contributed by atoms with van der Waals surface area (Å²) in [4.78, 5) is 19.7. The van der Waals surface area contributed by atoms with Crippen LogP contribution in [0.3, 0.4) is 0 Å². The number of nitrogens with two attached hydrogens (primary N) is 1. The van der Waals surface area contributed by atoms with E-state index in [9.17, 15) is 18.0 Å². The van der Waals surface area contributed by atoms with Gasteiger partial charge < -0.3 is 15.0 Å². The Morgan fingerprint density at radius 2 is 2.04 bits per heavy atom. The Labute approximate surface area is 132 Å². The lowest BCUT2D eigenvalue weighted by atomic mass is 10.2. The normalized spacial score (nSPS) is 12.3. The summed E-state index contributed by atoms with van der Waals surface area (Å²) < 4.78 is 42.8. The van der Waals surface area contributed by atoms with Gasteiger partial charge in [0.05, 0.1) is 10.6 Å². The average molecular weight is 348 g/mol. The van der Waals surface area contributed by atoms with Crippen molar-refractivity contribution in [3.05, 3.63) is 52.2 Å². The molecule has 2 rings (SSSR count). The van der Waals surface area contributed by atoms with Crippen molar-refractivity contribution in [1.29, 1.82) is 0 Å². The summed E-state index contributed by atoms with van der Waals surface area (Å²) in [6, 6.07) is 5.91. The van der Waals surface area contributed by atoms with Crippen molar-refractivity contribution in [3.8, 4) is 0 Å². The average Bonchev–Trinajstić information content (AvgIpc) is 2.87. The fraction of sp³-hybridized carbons (Fsp3) is 0.154. The highest BCUT2D eigenvalue weighted by molar-refractivity contribution is 6.33. The second kappa shape index (κ2) is 6.29. The first-order chi connectivity index (χ1) is 10.7. The van der Waals surface area contributed by atoms with Crippen LogP contribution in [0.5, 0.6) is 0 Å². The summed E-state index contributed by atoms with van der Waals surface area (Å²) in [5.41, 5.74) is 4.61. The van der Waals surface area contributed by atoms with Gasteiger partial charge in [0.2, 0.25) is 5.76 Å². The zero-order valence-corrected chi connectivity index (χ0v) is 12.3. The standard InChI is InChI=1S/C13H9ClF3N3O3/c1-6-19-9(10(22-6)13(15,16)17)11(18)20-23-12(21)7-4-2-3-5-8(7)14/h2-5H,1H3,(H2,18,20). The molecule has 0 unspecified atom stereocenters. The fourth-order valence-corrected chi connectivity index (χ4v) is 1.82. The van der Waals surface area contributed by atoms with Gasteiger partial charge in [-0.1, -0.05) is 28.9 Å². The fourth-order valence-electron chi connectivity index (χ4n) is 1.60. The molecule has 0 aliphatic carbocycles. The molecule has 1 heterocycles. The van der Waals surface area contributed by atoms with Crippen LogP contribution in [0.2, 0.25) is 5.02 Å². The third kappa shape index (κ3) is 3.81. The van der Waals surface area contributed by atoms with Crippen molar-refractivity contribution in [3.63, 3.8) is 0 Å². The molecule has 1 aromatic heterocycles. The predicted octanol–water partition coefficient (Wildman–Crippen LogP) is 3.13. The first-order valence-electron chi connectivity index (χ1n) is 6.04. The third-order valence-electron chi connectivity index (χ3n) is 2.55. The maximum absolute atomic E-state index is 12.8. The molecule has 23 heavy (non-hydrogen) atoms. The molecule has 6 nitrogen and oxygen atoms in total. The van der Waals surface area contributed by atoms with Gasteiger partial charge in [-0.05, 0) is 12.1 Å². The molecule has 0 saturated carbocycles. The molecule has 0 bridgehead atoms. The van der Waals surface area contributed by atoms with E-state index in [1.165, 1.54) is 25.1 Å². The van der Waals surface area contributed by atoms with Crippen molar-refractivity contribution in [2.75, 3.05) is 0 Å². The van der Waals surface area contributed by atoms with E-state index < -0.39 is 29.4 Å². The molecular weight excluding hydrogens is 339 g/mol. The number of aromatic nitrogens is 1. The summed E-state index contributed by atoms with van der Waals surface area (Å²) in [5, 5.41) is 3.26. The lowest BCUT2D eigenvalue weighted by molar-refractivity contribution is -0.153. The van der Waals surface area contributed by atoms with Crippen molar-refractivity contribution < 1.29 is 27.2 Å². The molecule has 122 valence electrons. The number of carbonyl (C=O) groups excluding carboxylic acids is 1. The van der Waals surface area contributed by atoms with Gasteiger partial charge in [-0.25, -0.2) is 9.78 Å². The van der Waals surface area contributed by atoms with Crippen LogP contribution in [0.1, 0.15) is 27.7 Å². The predicted molar refractivity (Wildman–Crippen MR) is 73.8 cm³/mol. The number of halogens is 4. The largest absolute Gasteiger partial charge is 0.452 e. The van der Waals surface area contributed by atoms with E-state index >= 15 is 0 Å². The highest BCUT2D eigenvalue weighted by Gasteiger charge is 2.40. The van der Waals surface area contributed by atoms with E-state index in [0.717, 1.165) is 0 Å². The quantitative estimate of drug-likeness (QED) is 0.398. The number of hydrogen-bond donors (Lipinski definition) is 1. The molecule has 0 spiro atoms. The topological polar surface area (TPSA) is 90.7 Å². The number of alkyl halides is 3. The summed E-state index contributed by atoms with van der Waals surface area (Å²) in [5.74, 6) is -3.42. The minimum atomic E-state index is -4.82. The number of oxazole rings is 1. The van der Waals surface area contributed by atoms with Crippen molar-refractivity contribution >= 4 is 23.4 Å². The summed E-state index contributed by atoms with van der Waals surface area (Å²) >= 11 is 5.78. The molecule has 0 aliphatic rings.